The molecule has 0 bridgehead atoms. The molecule has 2 N–H and O–H groups in total. The Labute approximate surface area is 137 Å². The minimum Gasteiger partial charge on any atom is -0.379 e. The van der Waals surface area contributed by atoms with Crippen LogP contribution in [0.25, 0.3) is 0 Å². The summed E-state index contributed by atoms with van der Waals surface area (Å²) in [6.07, 6.45) is 1.97. The number of aromatic nitrogens is 2. The normalized spacial score (nSPS) is 20.8. The number of nitrogens with zero attached hydrogens (tertiary/aromatic N) is 2. The Hall–Kier alpha value is -2.21. The van der Waals surface area contributed by atoms with E-state index in [9.17, 15) is 4.79 Å². The zero-order valence-electron chi connectivity index (χ0n) is 12.3. The van der Waals surface area contributed by atoms with Crippen LogP contribution in [0.5, 0.6) is 0 Å². The number of hydrogen-bond donors (Lipinski definition) is 2. The molecule has 0 spiro atoms. The maximum Gasteiger partial charge on any atom is 0.268 e. The van der Waals surface area contributed by atoms with Gasteiger partial charge in [-0.05, 0) is 12.5 Å². The monoisotopic (exact) mass is 332 g/mol. The van der Waals surface area contributed by atoms with Gasteiger partial charge in [0, 0.05) is 18.2 Å². The van der Waals surface area contributed by atoms with Gasteiger partial charge < -0.3 is 19.8 Å². The van der Waals surface area contributed by atoms with Crippen LogP contribution < -0.4 is 5.32 Å². The van der Waals surface area contributed by atoms with Crippen molar-refractivity contribution in [1.82, 2.24) is 15.3 Å². The number of nitriles is 1. The fourth-order valence-electron chi connectivity index (χ4n) is 2.38. The number of thiazole rings is 1. The highest BCUT2D eigenvalue weighted by atomic mass is 32.1. The van der Waals surface area contributed by atoms with Gasteiger partial charge in [0.15, 0.2) is 0 Å². The fourth-order valence-corrected chi connectivity index (χ4v) is 2.92. The zero-order valence-corrected chi connectivity index (χ0v) is 13.1. The van der Waals surface area contributed by atoms with Gasteiger partial charge in [0.25, 0.3) is 5.91 Å². The number of ether oxygens (including phenoxy) is 2. The first-order valence-electron chi connectivity index (χ1n) is 7.22. The average molecular weight is 332 g/mol. The number of carbonyl (C=O) groups is 1. The lowest BCUT2D eigenvalue weighted by Crippen LogP contribution is -2.50. The molecule has 0 radical (unpaired) electrons. The molecule has 120 valence electrons. The Kier molecular flexibility index (Phi) is 5.02. The average Bonchev–Trinajstić information content (AvgIpc) is 3.25. The molecular weight excluding hydrogens is 316 g/mol. The Bertz CT molecular complexity index is 692. The molecule has 0 saturated carbocycles. The number of amides is 1. The summed E-state index contributed by atoms with van der Waals surface area (Å²) in [5.74, 6) is -0.249. The predicted molar refractivity (Wildman–Crippen MR) is 82.9 cm³/mol. The highest BCUT2D eigenvalue weighted by Crippen LogP contribution is 2.15. The van der Waals surface area contributed by atoms with Crippen molar-refractivity contribution in [3.8, 4) is 6.07 Å². The third-order valence-electron chi connectivity index (χ3n) is 3.61. The molecule has 1 aliphatic rings. The topological polar surface area (TPSA) is 100 Å². The Balaban J connectivity index is 1.59. The second kappa shape index (κ2) is 7.37. The van der Waals surface area contributed by atoms with Crippen molar-refractivity contribution in [2.24, 2.45) is 0 Å². The molecular formula is C15H16N4O3S. The minimum atomic E-state index is -0.249. The lowest BCUT2D eigenvalue weighted by Gasteiger charge is -2.31. The second-order valence-electron chi connectivity index (χ2n) is 5.19. The molecule has 23 heavy (non-hydrogen) atoms. The summed E-state index contributed by atoms with van der Waals surface area (Å²) in [5.41, 5.74) is 3.42. The van der Waals surface area contributed by atoms with Gasteiger partial charge in [0.1, 0.15) is 17.9 Å². The van der Waals surface area contributed by atoms with E-state index in [1.807, 2.05) is 11.4 Å². The quantitative estimate of drug-likeness (QED) is 0.863. The van der Waals surface area contributed by atoms with Gasteiger partial charge in [-0.25, -0.2) is 4.98 Å². The van der Waals surface area contributed by atoms with Gasteiger partial charge >= 0.3 is 0 Å². The Morgan fingerprint density at radius 1 is 1.65 bits per heavy atom. The standard InChI is InChI=1S/C15H16N4O3S/c16-4-10-3-13(17-5-10)15(20)19-12-1-2-21-7-14(12)22-6-11-8-23-9-18-11/h3,5,8-9,12,14,17H,1-2,6-7H2,(H,19,20)/t12-,14-/m1/s1. The maximum atomic E-state index is 12.3. The van der Waals surface area contributed by atoms with Gasteiger partial charge in [0.2, 0.25) is 0 Å². The van der Waals surface area contributed by atoms with Crippen LogP contribution in [0.3, 0.4) is 0 Å². The van der Waals surface area contributed by atoms with Gasteiger partial charge in [-0.3, -0.25) is 4.79 Å². The smallest absolute Gasteiger partial charge is 0.268 e. The molecule has 2 aromatic heterocycles. The predicted octanol–water partition coefficient (Wildman–Crippen LogP) is 1.45. The van der Waals surface area contributed by atoms with E-state index in [0.29, 0.717) is 37.5 Å². The van der Waals surface area contributed by atoms with E-state index in [2.05, 4.69) is 15.3 Å². The molecule has 1 fully saturated rings. The van der Waals surface area contributed by atoms with Gasteiger partial charge in [-0.15, -0.1) is 11.3 Å². The van der Waals surface area contributed by atoms with Crippen LogP contribution in [0.15, 0.2) is 23.2 Å². The molecule has 2 aromatic rings. The van der Waals surface area contributed by atoms with Crippen LogP contribution in [0.4, 0.5) is 0 Å². The summed E-state index contributed by atoms with van der Waals surface area (Å²) >= 11 is 1.52. The Morgan fingerprint density at radius 3 is 3.30 bits per heavy atom. The van der Waals surface area contributed by atoms with Crippen molar-refractivity contribution in [3.05, 3.63) is 40.1 Å². The highest BCUT2D eigenvalue weighted by molar-refractivity contribution is 7.07. The lowest BCUT2D eigenvalue weighted by atomic mass is 10.1. The molecule has 0 aliphatic carbocycles. The number of nitrogens with one attached hydrogen (secondary N) is 2. The molecule has 1 saturated heterocycles. The van der Waals surface area contributed by atoms with E-state index >= 15 is 0 Å². The number of hydrogen-bond acceptors (Lipinski definition) is 6. The van der Waals surface area contributed by atoms with Crippen molar-refractivity contribution in [1.29, 1.82) is 5.26 Å². The summed E-state index contributed by atoms with van der Waals surface area (Å²) in [6.45, 7) is 1.41. The number of aromatic amines is 1. The number of H-pyrrole nitrogens is 1. The minimum absolute atomic E-state index is 0.135. The van der Waals surface area contributed by atoms with E-state index in [-0.39, 0.29) is 18.1 Å². The summed E-state index contributed by atoms with van der Waals surface area (Å²) in [7, 11) is 0. The van der Waals surface area contributed by atoms with Crippen LogP contribution >= 0.6 is 11.3 Å². The SMILES string of the molecule is N#Cc1c[nH]c(C(=O)N[C@@H]2CCOC[C@H]2OCc2cscn2)c1. The first-order valence-corrected chi connectivity index (χ1v) is 8.16. The second-order valence-corrected chi connectivity index (χ2v) is 5.91. The van der Waals surface area contributed by atoms with Crippen molar-refractivity contribution in [2.75, 3.05) is 13.2 Å². The molecule has 0 aromatic carbocycles. The van der Waals surface area contributed by atoms with Gasteiger partial charge in [0.05, 0.1) is 36.0 Å². The maximum absolute atomic E-state index is 12.3. The summed E-state index contributed by atoms with van der Waals surface area (Å²) < 4.78 is 11.3. The summed E-state index contributed by atoms with van der Waals surface area (Å²) in [6, 6.07) is 3.38. The van der Waals surface area contributed by atoms with Crippen LogP contribution in [-0.4, -0.2) is 41.2 Å². The molecule has 1 amide bonds. The molecule has 0 unspecified atom stereocenters. The first-order chi connectivity index (χ1) is 11.3. The van der Waals surface area contributed by atoms with E-state index in [4.69, 9.17) is 14.7 Å². The summed E-state index contributed by atoms with van der Waals surface area (Å²) in [4.78, 5) is 19.2. The van der Waals surface area contributed by atoms with Gasteiger partial charge in [-0.2, -0.15) is 5.26 Å². The van der Waals surface area contributed by atoms with Crippen LogP contribution in [-0.2, 0) is 16.1 Å². The largest absolute Gasteiger partial charge is 0.379 e. The molecule has 3 rings (SSSR count). The van der Waals surface area contributed by atoms with E-state index in [1.165, 1.54) is 23.6 Å². The van der Waals surface area contributed by atoms with Crippen molar-refractivity contribution < 1.29 is 14.3 Å². The lowest BCUT2D eigenvalue weighted by molar-refractivity contribution is -0.0742. The molecule has 1 aliphatic heterocycles. The Morgan fingerprint density at radius 2 is 2.57 bits per heavy atom. The molecule has 7 nitrogen and oxygen atoms in total. The van der Waals surface area contributed by atoms with Crippen molar-refractivity contribution in [3.63, 3.8) is 0 Å². The van der Waals surface area contributed by atoms with Crippen LogP contribution in [0, 0.1) is 11.3 Å². The van der Waals surface area contributed by atoms with E-state index < -0.39 is 0 Å². The first kappa shape index (κ1) is 15.7. The zero-order chi connectivity index (χ0) is 16.1. The van der Waals surface area contributed by atoms with Crippen molar-refractivity contribution in [2.45, 2.75) is 25.2 Å². The third-order valence-corrected chi connectivity index (χ3v) is 4.24. The third kappa shape index (κ3) is 3.96. The van der Waals surface area contributed by atoms with E-state index in [1.54, 1.807) is 5.51 Å². The fraction of sp³-hybridized carbons (Fsp3) is 0.400. The van der Waals surface area contributed by atoms with Gasteiger partial charge in [-0.1, -0.05) is 0 Å². The van der Waals surface area contributed by atoms with E-state index in [0.717, 1.165) is 5.69 Å². The number of carbonyl (C=O) groups excluding carboxylic acids is 1. The number of rotatable bonds is 5. The molecule has 3 heterocycles. The summed E-state index contributed by atoms with van der Waals surface area (Å²) in [5, 5.41) is 13.7. The highest BCUT2D eigenvalue weighted by Gasteiger charge is 2.28. The van der Waals surface area contributed by atoms with Crippen LogP contribution in [0.1, 0.15) is 28.2 Å². The molecule has 8 heteroatoms. The van der Waals surface area contributed by atoms with Crippen LogP contribution in [0.2, 0.25) is 0 Å². The molecule has 2 atom stereocenters. The van der Waals surface area contributed by atoms with Crippen molar-refractivity contribution >= 4 is 17.2 Å².